The number of halogens is 6. The van der Waals surface area contributed by atoms with E-state index >= 15 is 0 Å². The van der Waals surface area contributed by atoms with Crippen molar-refractivity contribution in [3.05, 3.63) is 0 Å². The molecule has 0 bridgehead atoms. The molecule has 8 heteroatoms. The van der Waals surface area contributed by atoms with Crippen LogP contribution in [0, 0.1) is 0 Å². The van der Waals surface area contributed by atoms with E-state index in [1.165, 1.54) is 44.9 Å². The van der Waals surface area contributed by atoms with Crippen LogP contribution in [0.4, 0.5) is 0 Å². The van der Waals surface area contributed by atoms with E-state index in [4.69, 9.17) is 66.5 Å². The van der Waals surface area contributed by atoms with Crippen molar-refractivity contribution in [2.75, 3.05) is 0 Å². The van der Waals surface area contributed by atoms with Crippen LogP contribution in [-0.4, -0.2) is 12.0 Å². The summed E-state index contributed by atoms with van der Waals surface area (Å²) in [5, 5.41) is 0. The topological polar surface area (TPSA) is 0 Å². The van der Waals surface area contributed by atoms with E-state index < -0.39 is 12.0 Å². The molecule has 1 atom stereocenters. The molecular weight excluding hydrogens is 413 g/mol. The maximum Gasteiger partial charge on any atom is 0.344 e. The molecule has 0 amide bonds. The normalized spacial score (nSPS) is 14.6. The minimum Gasteiger partial charge on any atom is -0.126 e. The van der Waals surface area contributed by atoms with Crippen molar-refractivity contribution in [1.29, 1.82) is 0 Å². The van der Waals surface area contributed by atoms with Crippen molar-refractivity contribution in [1.82, 2.24) is 0 Å². The van der Waals surface area contributed by atoms with Gasteiger partial charge in [-0.2, -0.15) is 0 Å². The second-order valence-electron chi connectivity index (χ2n) is 5.32. The summed E-state index contributed by atoms with van der Waals surface area (Å²) in [6, 6.07) is -5.04. The Hall–Kier alpha value is 2.17. The highest BCUT2D eigenvalue weighted by atomic mass is 35.8. The molecule has 0 aromatic carbocycles. The fourth-order valence-corrected chi connectivity index (χ4v) is 11.2. The maximum atomic E-state index is 6.12. The average molecular weight is 437 g/mol. The monoisotopic (exact) mass is 434 g/mol. The molecule has 0 nitrogen and oxygen atoms in total. The van der Waals surface area contributed by atoms with E-state index in [9.17, 15) is 0 Å². The minimum absolute atomic E-state index is 0.0215. The summed E-state index contributed by atoms with van der Waals surface area (Å²) >= 11 is 36.2. The number of hydrogen-bond acceptors (Lipinski definition) is 0. The molecule has 0 aliphatic carbocycles. The van der Waals surface area contributed by atoms with Crippen LogP contribution in [0.15, 0.2) is 0 Å². The third kappa shape index (κ3) is 13.8. The van der Waals surface area contributed by atoms with Crippen LogP contribution in [0.5, 0.6) is 0 Å². The standard InChI is InChI=1S/C12H24Cl6Si2/c1-2-3-4-5-6-7-8-9-10-12(20(16,17)18)11-19(13,14)15/h12H,2-11H2,1H3. The molecule has 0 spiro atoms. The molecule has 122 valence electrons. The summed E-state index contributed by atoms with van der Waals surface area (Å²) in [4.78, 5) is 0. The van der Waals surface area contributed by atoms with Gasteiger partial charge in [0.25, 0.3) is 0 Å². The Kier molecular flexibility index (Phi) is 12.9. The molecule has 0 aliphatic rings. The molecule has 1 unspecified atom stereocenters. The largest absolute Gasteiger partial charge is 0.344 e. The smallest absolute Gasteiger partial charge is 0.126 e. The van der Waals surface area contributed by atoms with Gasteiger partial charge in [0.05, 0.1) is 0 Å². The maximum absolute atomic E-state index is 6.12. The highest BCUT2D eigenvalue weighted by molar-refractivity contribution is 7.67. The Morgan fingerprint density at radius 2 is 1.15 bits per heavy atom. The van der Waals surface area contributed by atoms with E-state index in [2.05, 4.69) is 6.92 Å². The van der Waals surface area contributed by atoms with Gasteiger partial charge >= 0.3 is 12.0 Å². The highest BCUT2D eigenvalue weighted by Crippen LogP contribution is 2.45. The molecule has 0 aromatic heterocycles. The fourth-order valence-electron chi connectivity index (χ4n) is 2.19. The molecule has 0 aliphatic heterocycles. The van der Waals surface area contributed by atoms with Crippen LogP contribution < -0.4 is 0 Å². The fraction of sp³-hybridized carbons (Fsp3) is 1.00. The molecule has 0 fully saturated rings. The van der Waals surface area contributed by atoms with Gasteiger partial charge in [-0.1, -0.05) is 58.3 Å². The minimum atomic E-state index is -2.78. The van der Waals surface area contributed by atoms with Crippen molar-refractivity contribution in [3.63, 3.8) is 0 Å². The van der Waals surface area contributed by atoms with Crippen LogP contribution in [0.2, 0.25) is 11.6 Å². The lowest BCUT2D eigenvalue weighted by molar-refractivity contribution is 0.561. The second-order valence-corrected chi connectivity index (χ2v) is 23.5. The van der Waals surface area contributed by atoms with Crippen molar-refractivity contribution in [3.8, 4) is 0 Å². The Morgan fingerprint density at radius 1 is 0.700 bits per heavy atom. The number of hydrogen-bond donors (Lipinski definition) is 0. The van der Waals surface area contributed by atoms with Crippen molar-refractivity contribution in [2.45, 2.75) is 76.3 Å². The summed E-state index contributed by atoms with van der Waals surface area (Å²) < 4.78 is 0. The van der Waals surface area contributed by atoms with Gasteiger partial charge in [-0.05, 0) is 18.0 Å². The lowest BCUT2D eigenvalue weighted by atomic mass is 10.1. The third-order valence-corrected chi connectivity index (χ3v) is 10.3. The van der Waals surface area contributed by atoms with Gasteiger partial charge in [0.15, 0.2) is 0 Å². The number of rotatable bonds is 12. The Balaban J connectivity index is 3.81. The Morgan fingerprint density at radius 3 is 1.55 bits per heavy atom. The summed E-state index contributed by atoms with van der Waals surface area (Å²) in [6.07, 6.45) is 11.0. The van der Waals surface area contributed by atoms with Crippen LogP contribution in [0.3, 0.4) is 0 Å². The first-order valence-electron chi connectivity index (χ1n) is 7.30. The van der Waals surface area contributed by atoms with E-state index in [0.29, 0.717) is 6.04 Å². The van der Waals surface area contributed by atoms with Crippen LogP contribution in [-0.2, 0) is 0 Å². The number of unbranched alkanes of at least 4 members (excludes halogenated alkanes) is 7. The first-order valence-corrected chi connectivity index (χ1v) is 17.7. The van der Waals surface area contributed by atoms with Gasteiger partial charge in [0.1, 0.15) is 0 Å². The van der Waals surface area contributed by atoms with E-state index in [1.54, 1.807) is 0 Å². The summed E-state index contributed by atoms with van der Waals surface area (Å²) in [5.74, 6) is 0. The molecule has 0 saturated heterocycles. The molecule has 20 heavy (non-hydrogen) atoms. The molecule has 0 saturated carbocycles. The molecule has 0 rings (SSSR count). The van der Waals surface area contributed by atoms with Gasteiger partial charge in [-0.25, -0.2) is 0 Å². The van der Waals surface area contributed by atoms with Crippen molar-refractivity contribution < 1.29 is 0 Å². The predicted octanol–water partition coefficient (Wildman–Crippen LogP) is 8.20. The molecule has 0 radical (unpaired) electrons. The average Bonchev–Trinajstić information content (AvgIpc) is 2.28. The predicted molar refractivity (Wildman–Crippen MR) is 102 cm³/mol. The first-order chi connectivity index (χ1) is 9.17. The molecule has 0 heterocycles. The van der Waals surface area contributed by atoms with E-state index in [1.807, 2.05) is 0 Å². The summed E-state index contributed by atoms with van der Waals surface area (Å²) in [7, 11) is 0. The SMILES string of the molecule is CCCCCCCCCCC(C[Si](Cl)(Cl)Cl)[Si](Cl)(Cl)Cl. The van der Waals surface area contributed by atoms with Gasteiger partial charge in [0, 0.05) is 0 Å². The van der Waals surface area contributed by atoms with Crippen LogP contribution >= 0.6 is 66.5 Å². The Labute approximate surface area is 154 Å². The lowest BCUT2D eigenvalue weighted by Gasteiger charge is -2.24. The summed E-state index contributed by atoms with van der Waals surface area (Å²) in [6.45, 7) is 2.23. The van der Waals surface area contributed by atoms with Gasteiger partial charge in [-0.15, -0.1) is 66.5 Å². The van der Waals surface area contributed by atoms with Crippen molar-refractivity contribution >= 4 is 78.5 Å². The van der Waals surface area contributed by atoms with Gasteiger partial charge in [0.2, 0.25) is 0 Å². The van der Waals surface area contributed by atoms with Crippen molar-refractivity contribution in [2.24, 2.45) is 0 Å². The second kappa shape index (κ2) is 11.7. The zero-order valence-electron chi connectivity index (χ0n) is 11.9. The first kappa shape index (κ1) is 22.2. The zero-order valence-corrected chi connectivity index (χ0v) is 18.5. The summed E-state index contributed by atoms with van der Waals surface area (Å²) in [5.41, 5.74) is -0.0215. The Bertz CT molecular complexity index is 239. The molecule has 0 N–H and O–H groups in total. The van der Waals surface area contributed by atoms with Crippen LogP contribution in [0.25, 0.3) is 0 Å². The highest BCUT2D eigenvalue weighted by Gasteiger charge is 2.42. The zero-order chi connectivity index (χ0) is 15.6. The third-order valence-electron chi connectivity index (χ3n) is 3.35. The van der Waals surface area contributed by atoms with E-state index in [0.717, 1.165) is 12.8 Å². The van der Waals surface area contributed by atoms with Gasteiger partial charge < -0.3 is 0 Å². The lowest BCUT2D eigenvalue weighted by Crippen LogP contribution is -2.25. The van der Waals surface area contributed by atoms with E-state index in [-0.39, 0.29) is 5.54 Å². The van der Waals surface area contributed by atoms with Gasteiger partial charge in [-0.3, -0.25) is 0 Å². The quantitative estimate of drug-likeness (QED) is 0.164. The van der Waals surface area contributed by atoms with Crippen LogP contribution in [0.1, 0.15) is 64.7 Å². The molecule has 0 aromatic rings. The molecular formula is C12H24Cl6Si2.